The molecule has 0 bridgehead atoms. The first kappa shape index (κ1) is 12.2. The Morgan fingerprint density at radius 2 is 1.95 bits per heavy atom. The molecule has 6 nitrogen and oxygen atoms in total. The molecule has 0 saturated heterocycles. The zero-order chi connectivity index (χ0) is 14.1. The minimum atomic E-state index is -1.03. The third kappa shape index (κ3) is 2.07. The van der Waals surface area contributed by atoms with Crippen LogP contribution in [0.3, 0.4) is 0 Å². The second-order valence-electron chi connectivity index (χ2n) is 3.89. The lowest BCUT2D eigenvalue weighted by Gasteiger charge is -2.06. The van der Waals surface area contributed by atoms with Crippen molar-refractivity contribution >= 4 is 5.95 Å². The number of nitrogen functional groups attached to an aromatic ring is 1. The standard InChI is InChI=1S/C12H8F2N6/c13-8-3-1-2-7(9(8)14)10-17-11(15)19-12(18-10)20-5-4-16-6-20/h1-6H,(H2,15,17,18,19). The molecule has 0 amide bonds. The normalized spacial score (nSPS) is 10.7. The molecular weight excluding hydrogens is 266 g/mol. The van der Waals surface area contributed by atoms with E-state index in [1.54, 1.807) is 6.20 Å². The van der Waals surface area contributed by atoms with Crippen LogP contribution in [0.1, 0.15) is 0 Å². The average Bonchev–Trinajstić information content (AvgIpc) is 2.95. The number of nitrogens with two attached hydrogens (primary N) is 1. The summed E-state index contributed by atoms with van der Waals surface area (Å²) in [5.74, 6) is -1.98. The second-order valence-corrected chi connectivity index (χ2v) is 3.89. The van der Waals surface area contributed by atoms with E-state index >= 15 is 0 Å². The molecule has 2 aromatic heterocycles. The molecular formula is C12H8F2N6. The highest BCUT2D eigenvalue weighted by Crippen LogP contribution is 2.22. The van der Waals surface area contributed by atoms with E-state index in [1.807, 2.05) is 0 Å². The highest BCUT2D eigenvalue weighted by molar-refractivity contribution is 5.57. The fourth-order valence-electron chi connectivity index (χ4n) is 1.67. The number of hydrogen-bond acceptors (Lipinski definition) is 5. The van der Waals surface area contributed by atoms with Gasteiger partial charge < -0.3 is 5.73 Å². The van der Waals surface area contributed by atoms with Crippen molar-refractivity contribution in [2.75, 3.05) is 5.73 Å². The molecule has 2 N–H and O–H groups in total. The summed E-state index contributed by atoms with van der Waals surface area (Å²) in [6.45, 7) is 0. The number of anilines is 1. The van der Waals surface area contributed by atoms with E-state index in [9.17, 15) is 8.78 Å². The van der Waals surface area contributed by atoms with Crippen LogP contribution >= 0.6 is 0 Å². The first-order valence-electron chi connectivity index (χ1n) is 5.59. The fraction of sp³-hybridized carbons (Fsp3) is 0. The average molecular weight is 274 g/mol. The van der Waals surface area contributed by atoms with Gasteiger partial charge in [0.2, 0.25) is 11.9 Å². The number of aromatic nitrogens is 5. The summed E-state index contributed by atoms with van der Waals surface area (Å²) in [5, 5.41) is 0. The first-order chi connectivity index (χ1) is 9.65. The Bertz CT molecular complexity index is 757. The van der Waals surface area contributed by atoms with Gasteiger partial charge in [0.1, 0.15) is 6.33 Å². The Morgan fingerprint density at radius 1 is 1.10 bits per heavy atom. The molecule has 20 heavy (non-hydrogen) atoms. The van der Waals surface area contributed by atoms with E-state index in [2.05, 4.69) is 19.9 Å². The maximum absolute atomic E-state index is 13.8. The van der Waals surface area contributed by atoms with E-state index in [0.717, 1.165) is 6.07 Å². The summed E-state index contributed by atoms with van der Waals surface area (Å²) in [5.41, 5.74) is 5.50. The number of benzene rings is 1. The predicted molar refractivity (Wildman–Crippen MR) is 66.7 cm³/mol. The van der Waals surface area contributed by atoms with Crippen LogP contribution in [-0.2, 0) is 0 Å². The molecule has 0 atom stereocenters. The Kier molecular flexibility index (Phi) is 2.82. The van der Waals surface area contributed by atoms with Crippen molar-refractivity contribution in [2.24, 2.45) is 0 Å². The smallest absolute Gasteiger partial charge is 0.240 e. The molecule has 3 aromatic rings. The molecule has 3 rings (SSSR count). The Balaban J connectivity index is 2.17. The zero-order valence-electron chi connectivity index (χ0n) is 10.0. The molecule has 0 spiro atoms. The Morgan fingerprint density at radius 3 is 2.70 bits per heavy atom. The predicted octanol–water partition coefficient (Wildman–Crippen LogP) is 1.58. The number of rotatable bonds is 2. The largest absolute Gasteiger partial charge is 0.368 e. The SMILES string of the molecule is Nc1nc(-c2cccc(F)c2F)nc(-n2ccnc2)n1. The lowest BCUT2D eigenvalue weighted by Crippen LogP contribution is -2.07. The highest BCUT2D eigenvalue weighted by Gasteiger charge is 2.14. The summed E-state index contributed by atoms with van der Waals surface area (Å²) < 4.78 is 28.5. The van der Waals surface area contributed by atoms with Gasteiger partial charge in [-0.05, 0) is 12.1 Å². The monoisotopic (exact) mass is 274 g/mol. The van der Waals surface area contributed by atoms with Crippen molar-refractivity contribution in [3.05, 3.63) is 48.6 Å². The molecule has 0 fully saturated rings. The van der Waals surface area contributed by atoms with Crippen LogP contribution in [0.2, 0.25) is 0 Å². The Labute approximate surface area is 112 Å². The summed E-state index contributed by atoms with van der Waals surface area (Å²) in [7, 11) is 0. The van der Waals surface area contributed by atoms with E-state index in [1.165, 1.54) is 29.2 Å². The third-order valence-electron chi connectivity index (χ3n) is 2.57. The van der Waals surface area contributed by atoms with Gasteiger partial charge in [0.15, 0.2) is 17.5 Å². The Hall–Kier alpha value is -2.90. The first-order valence-corrected chi connectivity index (χ1v) is 5.59. The lowest BCUT2D eigenvalue weighted by atomic mass is 10.2. The van der Waals surface area contributed by atoms with E-state index in [4.69, 9.17) is 5.73 Å². The van der Waals surface area contributed by atoms with Crippen molar-refractivity contribution in [1.29, 1.82) is 0 Å². The van der Waals surface area contributed by atoms with Gasteiger partial charge in [-0.15, -0.1) is 0 Å². The second kappa shape index (κ2) is 4.65. The molecule has 2 heterocycles. The lowest BCUT2D eigenvalue weighted by molar-refractivity contribution is 0.510. The van der Waals surface area contributed by atoms with Gasteiger partial charge >= 0.3 is 0 Å². The van der Waals surface area contributed by atoms with E-state index < -0.39 is 11.6 Å². The van der Waals surface area contributed by atoms with Gasteiger partial charge in [-0.2, -0.15) is 15.0 Å². The van der Waals surface area contributed by atoms with Crippen LogP contribution < -0.4 is 5.73 Å². The summed E-state index contributed by atoms with van der Waals surface area (Å²) in [6, 6.07) is 3.75. The summed E-state index contributed by atoms with van der Waals surface area (Å²) in [6.07, 6.45) is 4.59. The van der Waals surface area contributed by atoms with Gasteiger partial charge in [0, 0.05) is 12.4 Å². The number of imidazole rings is 1. The van der Waals surface area contributed by atoms with Crippen molar-refractivity contribution in [3.63, 3.8) is 0 Å². The fourth-order valence-corrected chi connectivity index (χ4v) is 1.67. The van der Waals surface area contributed by atoms with Gasteiger partial charge in [0.25, 0.3) is 0 Å². The van der Waals surface area contributed by atoms with E-state index in [0.29, 0.717) is 0 Å². The van der Waals surface area contributed by atoms with Gasteiger partial charge in [-0.25, -0.2) is 13.8 Å². The van der Waals surface area contributed by atoms with Crippen LogP contribution in [0, 0.1) is 11.6 Å². The highest BCUT2D eigenvalue weighted by atomic mass is 19.2. The minimum absolute atomic E-state index is 0.0433. The van der Waals surface area contributed by atoms with Crippen LogP contribution in [0.4, 0.5) is 14.7 Å². The maximum Gasteiger partial charge on any atom is 0.240 e. The molecule has 0 aliphatic carbocycles. The van der Waals surface area contributed by atoms with Crippen LogP contribution in [0.15, 0.2) is 36.9 Å². The van der Waals surface area contributed by atoms with Crippen molar-refractivity contribution in [3.8, 4) is 17.3 Å². The van der Waals surface area contributed by atoms with Crippen molar-refractivity contribution in [2.45, 2.75) is 0 Å². The quantitative estimate of drug-likeness (QED) is 0.767. The van der Waals surface area contributed by atoms with Crippen molar-refractivity contribution < 1.29 is 8.78 Å². The zero-order valence-corrected chi connectivity index (χ0v) is 10.0. The van der Waals surface area contributed by atoms with Crippen LogP contribution in [-0.4, -0.2) is 24.5 Å². The topological polar surface area (TPSA) is 82.5 Å². The van der Waals surface area contributed by atoms with Gasteiger partial charge in [-0.3, -0.25) is 4.57 Å². The van der Waals surface area contributed by atoms with E-state index in [-0.39, 0.29) is 23.3 Å². The summed E-state index contributed by atoms with van der Waals surface area (Å²) in [4.78, 5) is 15.7. The van der Waals surface area contributed by atoms with Crippen LogP contribution in [0.5, 0.6) is 0 Å². The third-order valence-corrected chi connectivity index (χ3v) is 2.57. The molecule has 0 saturated carbocycles. The molecule has 0 aliphatic rings. The number of nitrogens with zero attached hydrogens (tertiary/aromatic N) is 5. The maximum atomic E-state index is 13.8. The number of halogens is 2. The molecule has 1 aromatic carbocycles. The van der Waals surface area contributed by atoms with Gasteiger partial charge in [0.05, 0.1) is 5.56 Å². The number of hydrogen-bond donors (Lipinski definition) is 1. The minimum Gasteiger partial charge on any atom is -0.368 e. The van der Waals surface area contributed by atoms with Crippen LogP contribution in [0.25, 0.3) is 17.3 Å². The van der Waals surface area contributed by atoms with Crippen molar-refractivity contribution in [1.82, 2.24) is 24.5 Å². The summed E-state index contributed by atoms with van der Waals surface area (Å²) >= 11 is 0. The molecule has 8 heteroatoms. The molecule has 0 aliphatic heterocycles. The molecule has 0 radical (unpaired) electrons. The molecule has 100 valence electrons. The molecule has 0 unspecified atom stereocenters. The van der Waals surface area contributed by atoms with Gasteiger partial charge in [-0.1, -0.05) is 6.07 Å².